The molecule has 0 spiro atoms. The molecule has 130 valence electrons. The molecule has 0 aliphatic rings. The third-order valence-electron chi connectivity index (χ3n) is 2.64. The molecule has 22 heavy (non-hydrogen) atoms. The molecule has 8 heteroatoms. The molecule has 1 aromatic heterocycles. The maximum atomic E-state index is 5.55. The van der Waals surface area contributed by atoms with Crippen molar-refractivity contribution in [1.82, 2.24) is 10.2 Å². The second-order valence-corrected chi connectivity index (χ2v) is 6.93. The summed E-state index contributed by atoms with van der Waals surface area (Å²) in [5, 5.41) is 8.01. The number of halogens is 2. The molecule has 0 aliphatic heterocycles. The molecular weight excluding hydrogens is 510 g/mol. The predicted molar refractivity (Wildman–Crippen MR) is 78.8 cm³/mol. The van der Waals surface area contributed by atoms with Crippen molar-refractivity contribution in [3.05, 3.63) is 12.1 Å². The van der Waals surface area contributed by atoms with E-state index in [2.05, 4.69) is 52.5 Å². The number of nitrogens with zero attached hydrogens (tertiary/aromatic N) is 4. The van der Waals surface area contributed by atoms with Crippen LogP contribution in [0, 0.1) is 0 Å². The van der Waals surface area contributed by atoms with Crippen molar-refractivity contribution < 1.29 is 66.4 Å². The first-order valence-electron chi connectivity index (χ1n) is 6.86. The third kappa shape index (κ3) is 12.6. The first-order chi connectivity index (χ1) is 9.16. The third-order valence-corrected chi connectivity index (χ3v) is 2.64. The first-order valence-corrected chi connectivity index (χ1v) is 6.86. The number of likely N-dealkylation sites (N-methyl/N-ethyl adjacent to an activating group) is 2. The minimum atomic E-state index is 0. The fourth-order valence-corrected chi connectivity index (χ4v) is 1.31. The highest BCUT2D eigenvalue weighted by molar-refractivity contribution is 5.15. The van der Waals surface area contributed by atoms with Gasteiger partial charge in [0.05, 0.1) is 42.3 Å². The number of rotatable bonds is 8. The van der Waals surface area contributed by atoms with E-state index in [4.69, 9.17) is 9.47 Å². The van der Waals surface area contributed by atoms with Crippen LogP contribution in [-0.2, 0) is 0 Å². The fraction of sp³-hybridized carbons (Fsp3) is 0.714. The zero-order chi connectivity index (χ0) is 15.2. The first kappa shape index (κ1) is 24.3. The zero-order valence-electron chi connectivity index (χ0n) is 14.3. The summed E-state index contributed by atoms with van der Waals surface area (Å²) in [6, 6.07) is 3.59. The maximum Gasteiger partial charge on any atom is 0.233 e. The van der Waals surface area contributed by atoms with Crippen molar-refractivity contribution >= 4 is 0 Å². The van der Waals surface area contributed by atoms with Gasteiger partial charge in [-0.15, -0.1) is 10.2 Å². The minimum Gasteiger partial charge on any atom is -1.00 e. The molecule has 0 radical (unpaired) electrons. The summed E-state index contributed by atoms with van der Waals surface area (Å²) in [7, 11) is 12.7. The lowest BCUT2D eigenvalue weighted by molar-refractivity contribution is -0.870. The van der Waals surface area contributed by atoms with Gasteiger partial charge in [0.2, 0.25) is 11.8 Å². The summed E-state index contributed by atoms with van der Waals surface area (Å²) >= 11 is 0. The van der Waals surface area contributed by atoms with E-state index in [-0.39, 0.29) is 48.0 Å². The molecule has 0 N–H and O–H groups in total. The van der Waals surface area contributed by atoms with E-state index in [1.165, 1.54) is 0 Å². The molecule has 1 aromatic rings. The Bertz CT molecular complexity index is 364. The summed E-state index contributed by atoms with van der Waals surface area (Å²) in [4.78, 5) is 0. The molecule has 0 bridgehead atoms. The van der Waals surface area contributed by atoms with Crippen molar-refractivity contribution in [2.75, 3.05) is 68.6 Å². The SMILES string of the molecule is C[N+](C)(C)CCOc1ccc(OCC[N+](C)(C)C)nn1.[I-].[I-]. The molecule has 0 fully saturated rings. The Morgan fingerprint density at radius 2 is 1.05 bits per heavy atom. The van der Waals surface area contributed by atoms with Crippen LogP contribution >= 0.6 is 0 Å². The molecule has 0 unspecified atom stereocenters. The lowest BCUT2D eigenvalue weighted by Gasteiger charge is -2.23. The lowest BCUT2D eigenvalue weighted by Crippen LogP contribution is -3.00. The van der Waals surface area contributed by atoms with Crippen LogP contribution in [0.15, 0.2) is 12.1 Å². The Hall–Kier alpha value is 0.0600. The van der Waals surface area contributed by atoms with Gasteiger partial charge in [0, 0.05) is 12.1 Å². The van der Waals surface area contributed by atoms with Gasteiger partial charge in [-0.1, -0.05) is 0 Å². The smallest absolute Gasteiger partial charge is 0.233 e. The van der Waals surface area contributed by atoms with E-state index < -0.39 is 0 Å². The summed E-state index contributed by atoms with van der Waals surface area (Å²) in [5.41, 5.74) is 0. The van der Waals surface area contributed by atoms with Crippen LogP contribution in [0.25, 0.3) is 0 Å². The van der Waals surface area contributed by atoms with Crippen molar-refractivity contribution in [2.24, 2.45) is 0 Å². The van der Waals surface area contributed by atoms with Crippen LogP contribution in [0.5, 0.6) is 11.8 Å². The van der Waals surface area contributed by atoms with Crippen LogP contribution < -0.4 is 57.4 Å². The Morgan fingerprint density at radius 3 is 1.27 bits per heavy atom. The van der Waals surface area contributed by atoms with Gasteiger partial charge in [-0.3, -0.25) is 0 Å². The second-order valence-electron chi connectivity index (χ2n) is 6.93. The van der Waals surface area contributed by atoms with E-state index in [0.29, 0.717) is 25.0 Å². The molecule has 0 saturated carbocycles. The summed E-state index contributed by atoms with van der Waals surface area (Å²) in [5.74, 6) is 1.08. The molecule has 0 atom stereocenters. The molecule has 0 aromatic carbocycles. The highest BCUT2D eigenvalue weighted by Gasteiger charge is 2.09. The van der Waals surface area contributed by atoms with Crippen molar-refractivity contribution in [3.8, 4) is 11.8 Å². The van der Waals surface area contributed by atoms with Crippen molar-refractivity contribution in [2.45, 2.75) is 0 Å². The van der Waals surface area contributed by atoms with Gasteiger partial charge in [0.15, 0.2) is 0 Å². The Kier molecular flexibility index (Phi) is 11.9. The van der Waals surface area contributed by atoms with Gasteiger partial charge in [-0.2, -0.15) is 0 Å². The predicted octanol–water partition coefficient (Wildman–Crippen LogP) is -5.35. The number of ether oxygens (including phenoxy) is 2. The van der Waals surface area contributed by atoms with Gasteiger partial charge >= 0.3 is 0 Å². The van der Waals surface area contributed by atoms with Gasteiger partial charge < -0.3 is 66.4 Å². The van der Waals surface area contributed by atoms with E-state index >= 15 is 0 Å². The topological polar surface area (TPSA) is 44.2 Å². The summed E-state index contributed by atoms with van der Waals surface area (Å²) in [6.45, 7) is 3.09. The largest absolute Gasteiger partial charge is 1.00 e. The quantitative estimate of drug-likeness (QED) is 0.245. The average Bonchev–Trinajstić information content (AvgIpc) is 2.28. The van der Waals surface area contributed by atoms with Crippen LogP contribution in [0.2, 0.25) is 0 Å². The van der Waals surface area contributed by atoms with Crippen molar-refractivity contribution in [1.29, 1.82) is 0 Å². The normalized spacial score (nSPS) is 11.2. The average molecular weight is 538 g/mol. The summed E-state index contributed by atoms with van der Waals surface area (Å²) < 4.78 is 12.8. The van der Waals surface area contributed by atoms with Crippen LogP contribution in [-0.4, -0.2) is 87.8 Å². The molecule has 1 rings (SSSR count). The zero-order valence-corrected chi connectivity index (χ0v) is 18.7. The van der Waals surface area contributed by atoms with E-state index in [1.54, 1.807) is 12.1 Å². The Morgan fingerprint density at radius 1 is 0.727 bits per heavy atom. The number of quaternary nitrogens is 2. The molecule has 0 amide bonds. The van der Waals surface area contributed by atoms with Gasteiger partial charge in [0.1, 0.15) is 26.3 Å². The second kappa shape index (κ2) is 10.8. The van der Waals surface area contributed by atoms with Crippen molar-refractivity contribution in [3.63, 3.8) is 0 Å². The highest BCUT2D eigenvalue weighted by Crippen LogP contribution is 2.10. The summed E-state index contributed by atoms with van der Waals surface area (Å²) in [6.07, 6.45) is 0. The molecular formula is C14H28I2N4O2. The monoisotopic (exact) mass is 538 g/mol. The number of aromatic nitrogens is 2. The van der Waals surface area contributed by atoms with E-state index in [1.807, 2.05) is 0 Å². The van der Waals surface area contributed by atoms with Crippen LogP contribution in [0.4, 0.5) is 0 Å². The number of hydrogen-bond acceptors (Lipinski definition) is 4. The van der Waals surface area contributed by atoms with E-state index in [0.717, 1.165) is 22.1 Å². The molecule has 1 heterocycles. The molecule has 0 saturated heterocycles. The minimum absolute atomic E-state index is 0. The molecule has 6 nitrogen and oxygen atoms in total. The number of hydrogen-bond donors (Lipinski definition) is 0. The van der Waals surface area contributed by atoms with Crippen LogP contribution in [0.1, 0.15) is 0 Å². The highest BCUT2D eigenvalue weighted by atomic mass is 127. The standard InChI is InChI=1S/C14H28N4O2.2HI/c1-17(2,3)9-11-19-13-7-8-14(16-15-13)20-12-10-18(4,5)6;;/h7-8H,9-12H2,1-6H3;2*1H/q+2;;/p-2. The molecule has 0 aliphatic carbocycles. The van der Waals surface area contributed by atoms with Gasteiger partial charge in [-0.05, 0) is 0 Å². The Labute approximate surface area is 168 Å². The van der Waals surface area contributed by atoms with Gasteiger partial charge in [0.25, 0.3) is 0 Å². The Balaban J connectivity index is 0. The van der Waals surface area contributed by atoms with Crippen LogP contribution in [0.3, 0.4) is 0 Å². The van der Waals surface area contributed by atoms with Gasteiger partial charge in [-0.25, -0.2) is 0 Å². The fourth-order valence-electron chi connectivity index (χ4n) is 1.31. The van der Waals surface area contributed by atoms with E-state index in [9.17, 15) is 0 Å². The lowest BCUT2D eigenvalue weighted by atomic mass is 10.5. The maximum absolute atomic E-state index is 5.55.